The van der Waals surface area contributed by atoms with Gasteiger partial charge in [-0.3, -0.25) is 0 Å². The maximum atomic E-state index is 10.7. The summed E-state index contributed by atoms with van der Waals surface area (Å²) in [5, 5.41) is 10.7. The van der Waals surface area contributed by atoms with Crippen LogP contribution in [0.4, 0.5) is 0 Å². The van der Waals surface area contributed by atoms with Gasteiger partial charge in [0.05, 0.1) is 6.61 Å². The van der Waals surface area contributed by atoms with Gasteiger partial charge in [-0.25, -0.2) is 0 Å². The summed E-state index contributed by atoms with van der Waals surface area (Å²) < 4.78 is 5.15. The highest BCUT2D eigenvalue weighted by Gasteiger charge is 2.28. The minimum absolute atomic E-state index is 0.301. The lowest BCUT2D eigenvalue weighted by atomic mass is 9.88. The Bertz CT molecular complexity index is 345. The Morgan fingerprint density at radius 2 is 1.82 bits per heavy atom. The van der Waals surface area contributed by atoms with Crippen molar-refractivity contribution < 1.29 is 9.84 Å². The van der Waals surface area contributed by atoms with Gasteiger partial charge in [-0.1, -0.05) is 29.3 Å². The molecule has 0 aliphatic rings. The van der Waals surface area contributed by atoms with Gasteiger partial charge in [-0.2, -0.15) is 0 Å². The van der Waals surface area contributed by atoms with E-state index in [-0.39, 0.29) is 0 Å². The third-order valence-electron chi connectivity index (χ3n) is 2.94. The van der Waals surface area contributed by atoms with Gasteiger partial charge in [0.1, 0.15) is 5.60 Å². The van der Waals surface area contributed by atoms with Crippen LogP contribution in [0, 0.1) is 13.8 Å². The molecule has 0 aromatic heterocycles. The smallest absolute Gasteiger partial charge is 0.113 e. The molecule has 1 unspecified atom stereocenters. The van der Waals surface area contributed by atoms with Crippen LogP contribution in [0.1, 0.15) is 29.5 Å². The van der Waals surface area contributed by atoms with E-state index in [1.165, 1.54) is 0 Å². The van der Waals surface area contributed by atoms with Crippen molar-refractivity contribution >= 4 is 0 Å². The normalized spacial score (nSPS) is 14.6. The highest BCUT2D eigenvalue weighted by molar-refractivity contribution is 5.32. The van der Waals surface area contributed by atoms with Crippen molar-refractivity contribution in [2.24, 2.45) is 5.73 Å². The molecule has 0 saturated heterocycles. The lowest BCUT2D eigenvalue weighted by Gasteiger charge is -2.28. The molecule has 0 radical (unpaired) electrons. The minimum Gasteiger partial charge on any atom is -0.383 e. The molecule has 3 heteroatoms. The Kier molecular flexibility index (Phi) is 5.12. The summed E-state index contributed by atoms with van der Waals surface area (Å²) in [6.07, 6.45) is 1.41. The van der Waals surface area contributed by atoms with Crippen LogP contribution in [-0.2, 0) is 10.3 Å². The molecular formula is C14H23NO2. The standard InChI is InChI=1S/C14H23NO2/c1-11-7-12(2)9-13(8-11)14(16,10-17-3)5-4-6-15/h7-9,16H,4-6,10,15H2,1-3H3. The molecule has 1 aromatic rings. The second kappa shape index (κ2) is 6.15. The number of aryl methyl sites for hydroxylation is 2. The first-order chi connectivity index (χ1) is 8.01. The molecule has 17 heavy (non-hydrogen) atoms. The van der Waals surface area contributed by atoms with Gasteiger partial charge in [-0.05, 0) is 38.8 Å². The van der Waals surface area contributed by atoms with Crippen molar-refractivity contribution in [3.8, 4) is 0 Å². The number of hydrogen-bond donors (Lipinski definition) is 2. The zero-order valence-corrected chi connectivity index (χ0v) is 11.0. The summed E-state index contributed by atoms with van der Waals surface area (Å²) in [5.41, 5.74) is 7.82. The Labute approximate surface area is 104 Å². The van der Waals surface area contributed by atoms with Crippen molar-refractivity contribution in [3.05, 3.63) is 34.9 Å². The number of benzene rings is 1. The molecule has 1 aromatic carbocycles. The van der Waals surface area contributed by atoms with Gasteiger partial charge in [0.25, 0.3) is 0 Å². The van der Waals surface area contributed by atoms with E-state index in [9.17, 15) is 5.11 Å². The average molecular weight is 237 g/mol. The number of nitrogens with two attached hydrogens (primary N) is 1. The SMILES string of the molecule is COCC(O)(CCCN)c1cc(C)cc(C)c1. The van der Waals surface area contributed by atoms with Gasteiger partial charge in [0, 0.05) is 7.11 Å². The molecule has 0 aliphatic heterocycles. The van der Waals surface area contributed by atoms with Crippen LogP contribution in [0.3, 0.4) is 0 Å². The van der Waals surface area contributed by atoms with Gasteiger partial charge >= 0.3 is 0 Å². The van der Waals surface area contributed by atoms with Crippen LogP contribution in [0.2, 0.25) is 0 Å². The van der Waals surface area contributed by atoms with Crippen molar-refractivity contribution in [1.29, 1.82) is 0 Å². The van der Waals surface area contributed by atoms with Crippen LogP contribution in [0.25, 0.3) is 0 Å². The highest BCUT2D eigenvalue weighted by atomic mass is 16.5. The van der Waals surface area contributed by atoms with Crippen LogP contribution in [-0.4, -0.2) is 25.4 Å². The molecule has 0 spiro atoms. The lowest BCUT2D eigenvalue weighted by Crippen LogP contribution is -2.32. The van der Waals surface area contributed by atoms with Gasteiger partial charge in [0.2, 0.25) is 0 Å². The quantitative estimate of drug-likeness (QED) is 0.794. The van der Waals surface area contributed by atoms with Crippen molar-refractivity contribution in [3.63, 3.8) is 0 Å². The van der Waals surface area contributed by atoms with Crippen LogP contribution in [0.15, 0.2) is 18.2 Å². The largest absolute Gasteiger partial charge is 0.383 e. The molecule has 0 bridgehead atoms. The summed E-state index contributed by atoms with van der Waals surface area (Å²) in [4.78, 5) is 0. The summed E-state index contributed by atoms with van der Waals surface area (Å²) in [6.45, 7) is 4.95. The molecule has 0 heterocycles. The molecule has 1 atom stereocenters. The molecule has 0 aliphatic carbocycles. The fourth-order valence-electron chi connectivity index (χ4n) is 2.18. The number of aliphatic hydroxyl groups is 1. The summed E-state index contributed by atoms with van der Waals surface area (Å²) >= 11 is 0. The Morgan fingerprint density at radius 1 is 1.24 bits per heavy atom. The first-order valence-electron chi connectivity index (χ1n) is 6.02. The van der Waals surface area contributed by atoms with Crippen molar-refractivity contribution in [1.82, 2.24) is 0 Å². The second-order valence-corrected chi connectivity index (χ2v) is 4.73. The summed E-state index contributed by atoms with van der Waals surface area (Å²) in [6, 6.07) is 6.13. The van der Waals surface area contributed by atoms with E-state index < -0.39 is 5.60 Å². The first-order valence-corrected chi connectivity index (χ1v) is 6.02. The Morgan fingerprint density at radius 3 is 2.29 bits per heavy atom. The van der Waals surface area contributed by atoms with Gasteiger partial charge in [0.15, 0.2) is 0 Å². The third-order valence-corrected chi connectivity index (χ3v) is 2.94. The zero-order chi connectivity index (χ0) is 12.9. The predicted molar refractivity (Wildman–Crippen MR) is 70.0 cm³/mol. The average Bonchev–Trinajstić information content (AvgIpc) is 2.25. The number of methoxy groups -OCH3 is 1. The predicted octanol–water partition coefficient (Wildman–Crippen LogP) is 1.88. The van der Waals surface area contributed by atoms with Crippen LogP contribution >= 0.6 is 0 Å². The van der Waals surface area contributed by atoms with E-state index in [2.05, 4.69) is 6.07 Å². The molecule has 0 fully saturated rings. The van der Waals surface area contributed by atoms with Crippen LogP contribution < -0.4 is 5.73 Å². The van der Waals surface area contributed by atoms with E-state index >= 15 is 0 Å². The van der Waals surface area contributed by atoms with E-state index in [0.717, 1.165) is 23.1 Å². The van der Waals surface area contributed by atoms with E-state index in [0.29, 0.717) is 19.6 Å². The topological polar surface area (TPSA) is 55.5 Å². The molecule has 1 rings (SSSR count). The molecule has 3 nitrogen and oxygen atoms in total. The van der Waals surface area contributed by atoms with E-state index in [1.807, 2.05) is 26.0 Å². The Balaban J connectivity index is 3.02. The molecular weight excluding hydrogens is 214 g/mol. The third kappa shape index (κ3) is 3.80. The minimum atomic E-state index is -0.926. The maximum Gasteiger partial charge on any atom is 0.113 e. The number of hydrogen-bond acceptors (Lipinski definition) is 3. The first kappa shape index (κ1) is 14.2. The molecule has 96 valence electrons. The van der Waals surface area contributed by atoms with Gasteiger partial charge in [-0.15, -0.1) is 0 Å². The highest BCUT2D eigenvalue weighted by Crippen LogP contribution is 2.28. The summed E-state index contributed by atoms with van der Waals surface area (Å²) in [7, 11) is 1.61. The van der Waals surface area contributed by atoms with E-state index in [1.54, 1.807) is 7.11 Å². The molecule has 0 saturated carbocycles. The van der Waals surface area contributed by atoms with Crippen LogP contribution in [0.5, 0.6) is 0 Å². The zero-order valence-electron chi connectivity index (χ0n) is 11.0. The Hall–Kier alpha value is -0.900. The van der Waals surface area contributed by atoms with Crippen molar-refractivity contribution in [2.75, 3.05) is 20.3 Å². The fourth-order valence-corrected chi connectivity index (χ4v) is 2.18. The molecule has 0 amide bonds. The van der Waals surface area contributed by atoms with Gasteiger partial charge < -0.3 is 15.6 Å². The maximum absolute atomic E-state index is 10.7. The van der Waals surface area contributed by atoms with E-state index in [4.69, 9.17) is 10.5 Å². The molecule has 3 N–H and O–H groups in total. The second-order valence-electron chi connectivity index (χ2n) is 4.73. The fraction of sp³-hybridized carbons (Fsp3) is 0.571. The number of rotatable bonds is 6. The summed E-state index contributed by atoms with van der Waals surface area (Å²) in [5.74, 6) is 0. The monoisotopic (exact) mass is 237 g/mol. The van der Waals surface area contributed by atoms with Crippen molar-refractivity contribution in [2.45, 2.75) is 32.3 Å². The lowest BCUT2D eigenvalue weighted by molar-refractivity contribution is -0.0430. The number of ether oxygens (including phenoxy) is 1.